The van der Waals surface area contributed by atoms with Crippen molar-refractivity contribution < 1.29 is 9.53 Å². The summed E-state index contributed by atoms with van der Waals surface area (Å²) in [5, 5.41) is 11.9. The number of guanidine groups is 1. The zero-order valence-electron chi connectivity index (χ0n) is 12.3. The van der Waals surface area contributed by atoms with Crippen LogP contribution in [0.4, 0.5) is 10.5 Å². The Bertz CT molecular complexity index is 539. The normalized spacial score (nSPS) is 15.0. The third-order valence-corrected chi connectivity index (χ3v) is 2.97. The molecule has 0 unspecified atom stereocenters. The fraction of sp³-hybridized carbons (Fsp3) is 0.615. The van der Waals surface area contributed by atoms with Crippen molar-refractivity contribution in [3.8, 4) is 0 Å². The Morgan fingerprint density at radius 1 is 1.55 bits per heavy atom. The maximum Gasteiger partial charge on any atom is 0.421 e. The molecular formula is C13H21N5O2. The molecule has 110 valence electrons. The molecule has 0 spiro atoms. The minimum Gasteiger partial charge on any atom is -0.443 e. The van der Waals surface area contributed by atoms with Crippen molar-refractivity contribution in [1.82, 2.24) is 9.78 Å². The van der Waals surface area contributed by atoms with Gasteiger partial charge in [-0.1, -0.05) is 0 Å². The van der Waals surface area contributed by atoms with Crippen LogP contribution in [0.1, 0.15) is 45.3 Å². The van der Waals surface area contributed by atoms with Gasteiger partial charge in [-0.05, 0) is 40.5 Å². The number of nitrogens with two attached hydrogens (primary N) is 1. The van der Waals surface area contributed by atoms with Crippen molar-refractivity contribution in [1.29, 1.82) is 5.41 Å². The van der Waals surface area contributed by atoms with E-state index < -0.39 is 11.7 Å². The Balaban J connectivity index is 2.29. The Morgan fingerprint density at radius 2 is 2.15 bits per heavy atom. The quantitative estimate of drug-likeness (QED) is 0.640. The number of nitrogens with zero attached hydrogens (tertiary/aromatic N) is 3. The third kappa shape index (κ3) is 2.92. The van der Waals surface area contributed by atoms with Gasteiger partial charge in [0.05, 0.1) is 23.6 Å². The Morgan fingerprint density at radius 3 is 2.60 bits per heavy atom. The number of amides is 1. The zero-order valence-corrected chi connectivity index (χ0v) is 12.3. The minimum atomic E-state index is -0.663. The van der Waals surface area contributed by atoms with Crippen LogP contribution in [-0.2, 0) is 4.74 Å². The third-order valence-electron chi connectivity index (χ3n) is 2.97. The van der Waals surface area contributed by atoms with E-state index in [1.807, 2.05) is 11.6 Å². The van der Waals surface area contributed by atoms with Crippen LogP contribution in [0.5, 0.6) is 0 Å². The topological polar surface area (TPSA) is 97.2 Å². The molecule has 1 aromatic rings. The van der Waals surface area contributed by atoms with E-state index in [0.29, 0.717) is 11.7 Å². The number of anilines is 1. The monoisotopic (exact) mass is 279 g/mol. The van der Waals surface area contributed by atoms with Crippen molar-refractivity contribution in [3.63, 3.8) is 0 Å². The summed E-state index contributed by atoms with van der Waals surface area (Å²) in [7, 11) is 0. The SMILES string of the molecule is Cc1c(N(C(=N)N)C(=O)OC(C)(C)C)cnn1C1CC1. The van der Waals surface area contributed by atoms with E-state index in [9.17, 15) is 4.79 Å². The van der Waals surface area contributed by atoms with Crippen LogP contribution < -0.4 is 10.6 Å². The molecule has 20 heavy (non-hydrogen) atoms. The van der Waals surface area contributed by atoms with Gasteiger partial charge >= 0.3 is 6.09 Å². The molecule has 2 rings (SSSR count). The van der Waals surface area contributed by atoms with Gasteiger partial charge in [0.2, 0.25) is 5.96 Å². The first kappa shape index (κ1) is 14.4. The maximum absolute atomic E-state index is 12.2. The summed E-state index contributed by atoms with van der Waals surface area (Å²) < 4.78 is 7.16. The van der Waals surface area contributed by atoms with E-state index in [4.69, 9.17) is 15.9 Å². The number of ether oxygens (including phenoxy) is 1. The van der Waals surface area contributed by atoms with Crippen LogP contribution in [0.3, 0.4) is 0 Å². The lowest BCUT2D eigenvalue weighted by molar-refractivity contribution is 0.0603. The molecule has 0 bridgehead atoms. The molecule has 0 aliphatic heterocycles. The van der Waals surface area contributed by atoms with Gasteiger partial charge in [-0.25, -0.2) is 9.69 Å². The van der Waals surface area contributed by atoms with Crippen LogP contribution in [-0.4, -0.2) is 27.4 Å². The average Bonchev–Trinajstić information content (AvgIpc) is 3.03. The summed E-state index contributed by atoms with van der Waals surface area (Å²) in [6, 6.07) is 0.399. The zero-order chi connectivity index (χ0) is 15.1. The molecule has 0 saturated heterocycles. The van der Waals surface area contributed by atoms with Crippen molar-refractivity contribution in [2.75, 3.05) is 4.90 Å². The van der Waals surface area contributed by atoms with E-state index >= 15 is 0 Å². The highest BCUT2D eigenvalue weighted by Gasteiger charge is 2.31. The van der Waals surface area contributed by atoms with E-state index in [1.165, 1.54) is 0 Å². The van der Waals surface area contributed by atoms with Gasteiger partial charge < -0.3 is 10.5 Å². The van der Waals surface area contributed by atoms with Gasteiger partial charge in [-0.15, -0.1) is 0 Å². The lowest BCUT2D eigenvalue weighted by Gasteiger charge is -2.25. The van der Waals surface area contributed by atoms with Crippen LogP contribution in [0, 0.1) is 12.3 Å². The summed E-state index contributed by atoms with van der Waals surface area (Å²) in [6.07, 6.45) is 3.07. The lowest BCUT2D eigenvalue weighted by Crippen LogP contribution is -2.44. The predicted octanol–water partition coefficient (Wildman–Crippen LogP) is 2.16. The van der Waals surface area contributed by atoms with Gasteiger partial charge in [0.1, 0.15) is 5.60 Å². The fourth-order valence-electron chi connectivity index (χ4n) is 1.96. The summed E-state index contributed by atoms with van der Waals surface area (Å²) in [4.78, 5) is 13.2. The van der Waals surface area contributed by atoms with Crippen LogP contribution >= 0.6 is 0 Å². The van der Waals surface area contributed by atoms with Crippen LogP contribution in [0.2, 0.25) is 0 Å². The summed E-state index contributed by atoms with van der Waals surface area (Å²) in [6.45, 7) is 7.16. The number of carbonyl (C=O) groups is 1. The Hall–Kier alpha value is -2.05. The first-order chi connectivity index (χ1) is 9.20. The molecule has 0 aromatic carbocycles. The number of hydrogen-bond donors (Lipinski definition) is 2. The van der Waals surface area contributed by atoms with Crippen molar-refractivity contribution in [2.24, 2.45) is 5.73 Å². The van der Waals surface area contributed by atoms with Crippen LogP contribution in [0.25, 0.3) is 0 Å². The molecule has 3 N–H and O–H groups in total. The smallest absolute Gasteiger partial charge is 0.421 e. The Kier molecular flexibility index (Phi) is 3.45. The fourth-order valence-corrected chi connectivity index (χ4v) is 1.96. The molecule has 0 radical (unpaired) electrons. The van der Waals surface area contributed by atoms with Crippen molar-refractivity contribution in [3.05, 3.63) is 11.9 Å². The van der Waals surface area contributed by atoms with E-state index in [-0.39, 0.29) is 5.96 Å². The van der Waals surface area contributed by atoms with Gasteiger partial charge in [-0.3, -0.25) is 10.1 Å². The molecule has 1 aliphatic rings. The van der Waals surface area contributed by atoms with Gasteiger partial charge in [0.25, 0.3) is 0 Å². The van der Waals surface area contributed by atoms with Crippen molar-refractivity contribution >= 4 is 17.7 Å². The number of aromatic nitrogens is 2. The number of rotatable bonds is 2. The molecule has 1 aromatic heterocycles. The highest BCUT2D eigenvalue weighted by molar-refractivity contribution is 6.12. The number of hydrogen-bond acceptors (Lipinski definition) is 4. The van der Waals surface area contributed by atoms with E-state index in [1.54, 1.807) is 27.0 Å². The second kappa shape index (κ2) is 4.81. The summed E-state index contributed by atoms with van der Waals surface area (Å²) >= 11 is 0. The van der Waals surface area contributed by atoms with Gasteiger partial charge in [0.15, 0.2) is 0 Å². The number of carbonyl (C=O) groups excluding carboxylic acids is 1. The molecule has 1 aliphatic carbocycles. The molecule has 7 nitrogen and oxygen atoms in total. The average molecular weight is 279 g/mol. The maximum atomic E-state index is 12.2. The van der Waals surface area contributed by atoms with E-state index in [0.717, 1.165) is 23.4 Å². The van der Waals surface area contributed by atoms with Crippen LogP contribution in [0.15, 0.2) is 6.20 Å². The molecule has 1 amide bonds. The second-order valence-corrected chi connectivity index (χ2v) is 5.99. The molecular weight excluding hydrogens is 258 g/mol. The summed E-state index contributed by atoms with van der Waals surface area (Å²) in [5.41, 5.74) is 6.19. The predicted molar refractivity (Wildman–Crippen MR) is 75.9 cm³/mol. The van der Waals surface area contributed by atoms with Crippen molar-refractivity contribution in [2.45, 2.75) is 52.2 Å². The largest absolute Gasteiger partial charge is 0.443 e. The second-order valence-electron chi connectivity index (χ2n) is 5.99. The van der Waals surface area contributed by atoms with E-state index in [2.05, 4.69) is 5.10 Å². The standard InChI is InChI=1S/C13H21N5O2/c1-8-10(7-16-18(8)9-5-6-9)17(11(14)15)12(19)20-13(2,3)4/h7,9H,5-6H2,1-4H3,(H3,14,15). The summed E-state index contributed by atoms with van der Waals surface area (Å²) in [5.74, 6) is -0.377. The number of nitrogens with one attached hydrogen (secondary N) is 1. The first-order valence-electron chi connectivity index (χ1n) is 6.62. The molecule has 0 atom stereocenters. The first-order valence-corrected chi connectivity index (χ1v) is 6.62. The highest BCUT2D eigenvalue weighted by atomic mass is 16.6. The minimum absolute atomic E-state index is 0.377. The van der Waals surface area contributed by atoms with Gasteiger partial charge in [-0.2, -0.15) is 5.10 Å². The molecule has 1 heterocycles. The molecule has 7 heteroatoms. The molecule has 1 saturated carbocycles. The molecule has 1 fully saturated rings. The highest BCUT2D eigenvalue weighted by Crippen LogP contribution is 2.37. The van der Waals surface area contributed by atoms with Gasteiger partial charge in [0, 0.05) is 0 Å². The lowest BCUT2D eigenvalue weighted by atomic mass is 10.2. The Labute approximate surface area is 118 Å².